The molecule has 1 nitrogen and oxygen atoms in total. The average molecular weight is 362 g/mol. The number of aryl methyl sites for hydroxylation is 1. The minimum atomic E-state index is -0.752. The van der Waals surface area contributed by atoms with Crippen molar-refractivity contribution < 1.29 is 13.5 Å². The van der Waals surface area contributed by atoms with E-state index in [0.29, 0.717) is 16.9 Å². The van der Waals surface area contributed by atoms with Gasteiger partial charge in [0, 0.05) is 21.7 Å². The Morgan fingerprint density at radius 3 is 2.45 bits per heavy atom. The number of ether oxygens (including phenoxy) is 1. The van der Waals surface area contributed by atoms with Crippen LogP contribution in [0.5, 0.6) is 5.75 Å². The van der Waals surface area contributed by atoms with E-state index in [-0.39, 0.29) is 5.56 Å². The standard InChI is InChI=1S/C15H12BrClF2O/c1-8-5-11(13(19)7-12(8)18)15(17)10-4-3-9(16)6-14(10)20-2/h3-7,15H,1-2H3. The van der Waals surface area contributed by atoms with Crippen LogP contribution in [-0.4, -0.2) is 7.11 Å². The first-order valence-corrected chi connectivity index (χ1v) is 7.10. The van der Waals surface area contributed by atoms with Gasteiger partial charge in [-0.05, 0) is 30.7 Å². The summed E-state index contributed by atoms with van der Waals surface area (Å²) in [5.74, 6) is -0.711. The van der Waals surface area contributed by atoms with E-state index in [0.717, 1.165) is 10.5 Å². The molecule has 0 amide bonds. The Morgan fingerprint density at radius 2 is 1.80 bits per heavy atom. The molecule has 0 heterocycles. The van der Waals surface area contributed by atoms with E-state index in [1.807, 2.05) is 0 Å². The summed E-state index contributed by atoms with van der Waals surface area (Å²) >= 11 is 9.67. The summed E-state index contributed by atoms with van der Waals surface area (Å²) < 4.78 is 33.3. The Labute approximate surface area is 129 Å². The van der Waals surface area contributed by atoms with Crippen LogP contribution >= 0.6 is 27.5 Å². The lowest BCUT2D eigenvalue weighted by Crippen LogP contribution is -2.02. The molecule has 0 aliphatic rings. The molecule has 0 aliphatic heterocycles. The molecular weight excluding hydrogens is 350 g/mol. The lowest BCUT2D eigenvalue weighted by molar-refractivity contribution is 0.409. The molecule has 2 aromatic rings. The van der Waals surface area contributed by atoms with Gasteiger partial charge in [-0.15, -0.1) is 11.6 Å². The SMILES string of the molecule is COc1cc(Br)ccc1C(Cl)c1cc(C)c(F)cc1F. The van der Waals surface area contributed by atoms with E-state index in [1.54, 1.807) is 25.1 Å². The number of hydrogen-bond donors (Lipinski definition) is 0. The Balaban J connectivity index is 2.51. The molecule has 106 valence electrons. The second-order valence-corrected chi connectivity index (χ2v) is 5.72. The normalized spacial score (nSPS) is 12.3. The van der Waals surface area contributed by atoms with Gasteiger partial charge in [0.1, 0.15) is 17.4 Å². The first kappa shape index (κ1) is 15.3. The minimum absolute atomic E-state index is 0.228. The maximum absolute atomic E-state index is 13.9. The summed E-state index contributed by atoms with van der Waals surface area (Å²) in [4.78, 5) is 0. The van der Waals surface area contributed by atoms with Gasteiger partial charge in [0.25, 0.3) is 0 Å². The van der Waals surface area contributed by atoms with Crippen molar-refractivity contribution in [2.45, 2.75) is 12.3 Å². The molecule has 1 unspecified atom stereocenters. The van der Waals surface area contributed by atoms with E-state index in [2.05, 4.69) is 15.9 Å². The lowest BCUT2D eigenvalue weighted by atomic mass is 10.0. The number of hydrogen-bond acceptors (Lipinski definition) is 1. The number of rotatable bonds is 3. The third kappa shape index (κ3) is 2.96. The smallest absolute Gasteiger partial charge is 0.131 e. The van der Waals surface area contributed by atoms with Crippen molar-refractivity contribution in [2.75, 3.05) is 7.11 Å². The second kappa shape index (κ2) is 6.10. The molecule has 0 aliphatic carbocycles. The van der Waals surface area contributed by atoms with Gasteiger partial charge in [-0.25, -0.2) is 8.78 Å². The highest BCUT2D eigenvalue weighted by molar-refractivity contribution is 9.10. The van der Waals surface area contributed by atoms with Gasteiger partial charge in [-0.1, -0.05) is 22.0 Å². The van der Waals surface area contributed by atoms with Crippen molar-refractivity contribution in [3.63, 3.8) is 0 Å². The molecule has 2 rings (SSSR count). The molecule has 0 fully saturated rings. The maximum atomic E-state index is 13.9. The highest BCUT2D eigenvalue weighted by Crippen LogP contribution is 2.38. The van der Waals surface area contributed by atoms with Crippen LogP contribution in [0.15, 0.2) is 34.8 Å². The number of halogens is 4. The molecule has 0 N–H and O–H groups in total. The summed E-state index contributed by atoms with van der Waals surface area (Å²) in [7, 11) is 1.52. The molecule has 0 radical (unpaired) electrons. The van der Waals surface area contributed by atoms with E-state index < -0.39 is 17.0 Å². The molecule has 0 saturated heterocycles. The second-order valence-electron chi connectivity index (χ2n) is 4.37. The van der Waals surface area contributed by atoms with E-state index in [1.165, 1.54) is 13.2 Å². The molecular formula is C15H12BrClF2O. The van der Waals surface area contributed by atoms with Crippen LogP contribution in [0.1, 0.15) is 22.1 Å². The summed E-state index contributed by atoms with van der Waals surface area (Å²) in [5.41, 5.74) is 1.21. The number of methoxy groups -OCH3 is 1. The van der Waals surface area contributed by atoms with Crippen molar-refractivity contribution in [2.24, 2.45) is 0 Å². The van der Waals surface area contributed by atoms with Crippen LogP contribution < -0.4 is 4.74 Å². The van der Waals surface area contributed by atoms with Crippen molar-refractivity contribution in [1.82, 2.24) is 0 Å². The van der Waals surface area contributed by atoms with E-state index in [9.17, 15) is 8.78 Å². The van der Waals surface area contributed by atoms with E-state index in [4.69, 9.17) is 16.3 Å². The molecule has 2 aromatic carbocycles. The third-order valence-corrected chi connectivity index (χ3v) is 3.98. The summed E-state index contributed by atoms with van der Waals surface area (Å²) in [6.07, 6.45) is 0. The zero-order chi connectivity index (χ0) is 14.9. The largest absolute Gasteiger partial charge is 0.496 e. The summed E-state index contributed by atoms with van der Waals surface area (Å²) in [6.45, 7) is 1.57. The minimum Gasteiger partial charge on any atom is -0.496 e. The van der Waals surface area contributed by atoms with Crippen molar-refractivity contribution >= 4 is 27.5 Å². The van der Waals surface area contributed by atoms with E-state index >= 15 is 0 Å². The maximum Gasteiger partial charge on any atom is 0.131 e. The predicted molar refractivity (Wildman–Crippen MR) is 79.5 cm³/mol. The summed E-state index contributed by atoms with van der Waals surface area (Å²) in [5, 5.41) is -0.752. The Hall–Kier alpha value is -1.13. The molecule has 5 heteroatoms. The van der Waals surface area contributed by atoms with Crippen LogP contribution in [0.25, 0.3) is 0 Å². The fraction of sp³-hybridized carbons (Fsp3) is 0.200. The van der Waals surface area contributed by atoms with Gasteiger partial charge in [-0.2, -0.15) is 0 Å². The van der Waals surface area contributed by atoms with Gasteiger partial charge in [0.2, 0.25) is 0 Å². The molecule has 0 saturated carbocycles. The first-order chi connectivity index (χ1) is 9.43. The molecule has 0 bridgehead atoms. The van der Waals surface area contributed by atoms with Gasteiger partial charge in [0.05, 0.1) is 12.5 Å². The Morgan fingerprint density at radius 1 is 1.10 bits per heavy atom. The average Bonchev–Trinajstić information content (AvgIpc) is 2.42. The Kier molecular flexibility index (Phi) is 4.66. The summed E-state index contributed by atoms with van der Waals surface area (Å²) in [6, 6.07) is 7.56. The van der Waals surface area contributed by atoms with Crippen molar-refractivity contribution in [3.05, 3.63) is 63.1 Å². The van der Waals surface area contributed by atoms with Crippen molar-refractivity contribution in [1.29, 1.82) is 0 Å². The zero-order valence-electron chi connectivity index (χ0n) is 10.9. The van der Waals surface area contributed by atoms with Crippen molar-refractivity contribution in [3.8, 4) is 5.75 Å². The molecule has 1 atom stereocenters. The van der Waals surface area contributed by atoms with Crippen LogP contribution in [0.4, 0.5) is 8.78 Å². The number of benzene rings is 2. The first-order valence-electron chi connectivity index (χ1n) is 5.87. The number of alkyl halides is 1. The molecule has 0 aromatic heterocycles. The Bertz CT molecular complexity index is 646. The van der Waals surface area contributed by atoms with Crippen LogP contribution in [-0.2, 0) is 0 Å². The molecule has 20 heavy (non-hydrogen) atoms. The monoisotopic (exact) mass is 360 g/mol. The lowest BCUT2D eigenvalue weighted by Gasteiger charge is -2.16. The quantitative estimate of drug-likeness (QED) is 0.668. The topological polar surface area (TPSA) is 9.23 Å². The van der Waals surface area contributed by atoms with Crippen LogP contribution in [0.2, 0.25) is 0 Å². The molecule has 0 spiro atoms. The highest BCUT2D eigenvalue weighted by atomic mass is 79.9. The van der Waals surface area contributed by atoms with Gasteiger partial charge < -0.3 is 4.74 Å². The van der Waals surface area contributed by atoms with Gasteiger partial charge in [-0.3, -0.25) is 0 Å². The third-order valence-electron chi connectivity index (χ3n) is 3.02. The predicted octanol–water partition coefficient (Wildman–Crippen LogP) is 5.37. The fourth-order valence-electron chi connectivity index (χ4n) is 1.94. The van der Waals surface area contributed by atoms with Crippen LogP contribution in [0.3, 0.4) is 0 Å². The van der Waals surface area contributed by atoms with Gasteiger partial charge >= 0.3 is 0 Å². The van der Waals surface area contributed by atoms with Gasteiger partial charge in [0.15, 0.2) is 0 Å². The zero-order valence-corrected chi connectivity index (χ0v) is 13.2. The van der Waals surface area contributed by atoms with Crippen LogP contribution in [0, 0.1) is 18.6 Å². The fourth-order valence-corrected chi connectivity index (χ4v) is 2.62. The highest BCUT2D eigenvalue weighted by Gasteiger charge is 2.20.